The van der Waals surface area contributed by atoms with E-state index in [1.807, 2.05) is 20.8 Å². The highest BCUT2D eigenvalue weighted by Gasteiger charge is 2.23. The van der Waals surface area contributed by atoms with Crippen molar-refractivity contribution in [3.63, 3.8) is 0 Å². The lowest BCUT2D eigenvalue weighted by Crippen LogP contribution is -2.26. The third-order valence-electron chi connectivity index (χ3n) is 4.72. The molecule has 2 aromatic carbocycles. The van der Waals surface area contributed by atoms with E-state index in [-0.39, 0.29) is 23.9 Å². The molecule has 0 radical (unpaired) electrons. The van der Waals surface area contributed by atoms with E-state index in [0.717, 1.165) is 23.3 Å². The molecule has 0 fully saturated rings. The molecule has 2 unspecified atom stereocenters. The third kappa shape index (κ3) is 6.31. The van der Waals surface area contributed by atoms with Crippen molar-refractivity contribution in [2.45, 2.75) is 38.7 Å². The highest BCUT2D eigenvalue weighted by Crippen LogP contribution is 2.36. The molecule has 7 heteroatoms. The summed E-state index contributed by atoms with van der Waals surface area (Å²) in [7, 11) is 1.61. The summed E-state index contributed by atoms with van der Waals surface area (Å²) in [5.41, 5.74) is 2.70. The van der Waals surface area contributed by atoms with Crippen molar-refractivity contribution < 1.29 is 23.5 Å². The van der Waals surface area contributed by atoms with Gasteiger partial charge in [0.1, 0.15) is 11.2 Å². The zero-order valence-electron chi connectivity index (χ0n) is 17.8. The van der Waals surface area contributed by atoms with Gasteiger partial charge < -0.3 is 9.47 Å². The Morgan fingerprint density at radius 2 is 1.93 bits per heavy atom. The highest BCUT2D eigenvalue weighted by molar-refractivity contribution is 7.99. The number of rotatable bonds is 11. The number of hydrogen-bond donors (Lipinski definition) is 0. The Hall–Kier alpha value is -2.38. The molecule has 0 spiro atoms. The largest absolute Gasteiger partial charge is 0.462 e. The number of amides is 1. The van der Waals surface area contributed by atoms with Crippen molar-refractivity contribution in [1.82, 2.24) is 0 Å². The second-order valence-corrected chi connectivity index (χ2v) is 8.20. The number of esters is 1. The number of nitrogens with zero attached hydrogens (tertiary/aromatic N) is 1. The third-order valence-corrected chi connectivity index (χ3v) is 5.86. The molecule has 0 saturated carbocycles. The van der Waals surface area contributed by atoms with Gasteiger partial charge in [-0.05, 0) is 61.1 Å². The predicted molar refractivity (Wildman–Crippen MR) is 118 cm³/mol. The Kier molecular flexibility index (Phi) is 9.33. The van der Waals surface area contributed by atoms with Gasteiger partial charge >= 0.3 is 5.97 Å². The smallest absolute Gasteiger partial charge is 0.338 e. The molecule has 2 atom stereocenters. The molecule has 2 rings (SSSR count). The zero-order chi connectivity index (χ0) is 22.1. The van der Waals surface area contributed by atoms with E-state index in [9.17, 15) is 14.0 Å². The van der Waals surface area contributed by atoms with Crippen molar-refractivity contribution in [3.8, 4) is 0 Å². The number of carbonyl (C=O) groups is 2. The Morgan fingerprint density at radius 3 is 2.50 bits per heavy atom. The van der Waals surface area contributed by atoms with Crippen LogP contribution in [0.15, 0.2) is 42.5 Å². The molecule has 0 aromatic heterocycles. The van der Waals surface area contributed by atoms with Gasteiger partial charge in [-0.15, -0.1) is 11.8 Å². The van der Waals surface area contributed by atoms with Crippen LogP contribution in [-0.2, 0) is 14.3 Å². The fourth-order valence-corrected chi connectivity index (χ4v) is 3.94. The fourth-order valence-electron chi connectivity index (χ4n) is 2.95. The molecule has 0 aliphatic carbocycles. The van der Waals surface area contributed by atoms with E-state index in [2.05, 4.69) is 0 Å². The summed E-state index contributed by atoms with van der Waals surface area (Å²) in [4.78, 5) is 25.9. The average Bonchev–Trinajstić information content (AvgIpc) is 2.74. The second kappa shape index (κ2) is 11.7. The van der Waals surface area contributed by atoms with Crippen LogP contribution in [-0.4, -0.2) is 38.0 Å². The van der Waals surface area contributed by atoms with Gasteiger partial charge in [-0.3, -0.25) is 9.69 Å². The van der Waals surface area contributed by atoms with Gasteiger partial charge in [0, 0.05) is 19.2 Å². The molecule has 162 valence electrons. The lowest BCUT2D eigenvalue weighted by Gasteiger charge is -2.29. The lowest BCUT2D eigenvalue weighted by atomic mass is 10.1. The van der Waals surface area contributed by atoms with E-state index in [1.54, 1.807) is 54.1 Å². The number of anilines is 1. The number of hydrogen-bond acceptors (Lipinski definition) is 5. The van der Waals surface area contributed by atoms with Gasteiger partial charge in [-0.1, -0.05) is 19.1 Å². The number of methoxy groups -OCH3 is 1. The summed E-state index contributed by atoms with van der Waals surface area (Å²) >= 11 is 1.57. The summed E-state index contributed by atoms with van der Waals surface area (Å²) in [5, 5.41) is -0.305. The van der Waals surface area contributed by atoms with Crippen LogP contribution < -0.4 is 4.90 Å². The normalized spacial score (nSPS) is 12.8. The molecule has 0 heterocycles. The maximum atomic E-state index is 13.3. The first kappa shape index (κ1) is 23.9. The molecule has 0 aliphatic rings. The fraction of sp³-hybridized carbons (Fsp3) is 0.391. The molecule has 2 aromatic rings. The molecular weight excluding hydrogens is 405 g/mol. The summed E-state index contributed by atoms with van der Waals surface area (Å²) in [6.45, 7) is 6.02. The van der Waals surface area contributed by atoms with Crippen LogP contribution in [0.3, 0.4) is 0 Å². The summed E-state index contributed by atoms with van der Waals surface area (Å²) in [6, 6.07) is 11.2. The Morgan fingerprint density at radius 1 is 1.23 bits per heavy atom. The first-order valence-electron chi connectivity index (χ1n) is 9.82. The monoisotopic (exact) mass is 433 g/mol. The molecule has 30 heavy (non-hydrogen) atoms. The van der Waals surface area contributed by atoms with Gasteiger partial charge in [0.15, 0.2) is 0 Å². The summed E-state index contributed by atoms with van der Waals surface area (Å²) in [6.07, 6.45) is 1.40. The number of aryl methyl sites for hydroxylation is 1. The van der Waals surface area contributed by atoms with Crippen LogP contribution >= 0.6 is 11.8 Å². The minimum absolute atomic E-state index is 0.0162. The minimum Gasteiger partial charge on any atom is -0.462 e. The van der Waals surface area contributed by atoms with Crippen molar-refractivity contribution in [3.05, 3.63) is 65.0 Å². The van der Waals surface area contributed by atoms with E-state index in [4.69, 9.17) is 9.47 Å². The average molecular weight is 434 g/mol. The Labute approximate surface area is 181 Å². The maximum Gasteiger partial charge on any atom is 0.338 e. The van der Waals surface area contributed by atoms with Crippen molar-refractivity contribution in [2.24, 2.45) is 0 Å². The molecule has 0 N–H and O–H groups in total. The van der Waals surface area contributed by atoms with Crippen molar-refractivity contribution >= 4 is 29.8 Å². The lowest BCUT2D eigenvalue weighted by molar-refractivity contribution is -0.107. The van der Waals surface area contributed by atoms with Crippen LogP contribution in [0.2, 0.25) is 0 Å². The van der Waals surface area contributed by atoms with Gasteiger partial charge in [0.05, 0.1) is 18.3 Å². The van der Waals surface area contributed by atoms with Crippen LogP contribution in [0.5, 0.6) is 0 Å². The van der Waals surface area contributed by atoms with E-state index < -0.39 is 5.97 Å². The first-order valence-corrected chi connectivity index (χ1v) is 10.9. The number of benzene rings is 2. The predicted octanol–water partition coefficient (Wildman–Crippen LogP) is 5.13. The zero-order valence-corrected chi connectivity index (χ0v) is 18.6. The SMILES string of the molecule is CCSC(c1ccc(F)cc1)N(C=O)c1ccc(C(=O)OCCC(C)OC)cc1C. The molecule has 1 amide bonds. The Bertz CT molecular complexity index is 844. The highest BCUT2D eigenvalue weighted by atomic mass is 32.2. The molecular formula is C23H28FNO4S. The molecule has 0 aliphatic heterocycles. The minimum atomic E-state index is -0.413. The standard InChI is InChI=1S/C23H28FNO4S/c1-5-30-22(18-6-9-20(24)10-7-18)25(15-26)21-11-8-19(14-16(21)2)23(27)29-13-12-17(3)28-4/h6-11,14-15,17,22H,5,12-13H2,1-4H3. The van der Waals surface area contributed by atoms with Gasteiger partial charge in [-0.25, -0.2) is 9.18 Å². The van der Waals surface area contributed by atoms with Gasteiger partial charge in [0.25, 0.3) is 0 Å². The number of carbonyl (C=O) groups excluding carboxylic acids is 2. The first-order chi connectivity index (χ1) is 14.4. The van der Waals surface area contributed by atoms with Gasteiger partial charge in [-0.2, -0.15) is 0 Å². The van der Waals surface area contributed by atoms with Crippen LogP contribution in [0.25, 0.3) is 0 Å². The van der Waals surface area contributed by atoms with Crippen molar-refractivity contribution in [1.29, 1.82) is 0 Å². The molecule has 0 bridgehead atoms. The second-order valence-electron chi connectivity index (χ2n) is 6.84. The van der Waals surface area contributed by atoms with Crippen molar-refractivity contribution in [2.75, 3.05) is 24.4 Å². The topological polar surface area (TPSA) is 55.8 Å². The van der Waals surface area contributed by atoms with Crippen LogP contribution in [0, 0.1) is 12.7 Å². The Balaban J connectivity index is 2.22. The van der Waals surface area contributed by atoms with Crippen LogP contribution in [0.4, 0.5) is 10.1 Å². The van der Waals surface area contributed by atoms with Crippen LogP contribution in [0.1, 0.15) is 47.1 Å². The molecule has 5 nitrogen and oxygen atoms in total. The van der Waals surface area contributed by atoms with Gasteiger partial charge in [0.2, 0.25) is 6.41 Å². The van der Waals surface area contributed by atoms with E-state index >= 15 is 0 Å². The maximum absolute atomic E-state index is 13.3. The number of ether oxygens (including phenoxy) is 2. The number of thioether (sulfide) groups is 1. The summed E-state index contributed by atoms with van der Waals surface area (Å²) < 4.78 is 23.8. The van der Waals surface area contributed by atoms with E-state index in [0.29, 0.717) is 17.7 Å². The number of halogens is 1. The quantitative estimate of drug-likeness (QED) is 0.279. The molecule has 0 saturated heterocycles. The summed E-state index contributed by atoms with van der Waals surface area (Å²) in [5.74, 6) is 0.0367. The van der Waals surface area contributed by atoms with E-state index in [1.165, 1.54) is 12.1 Å².